The van der Waals surface area contributed by atoms with Crippen molar-refractivity contribution in [3.8, 4) is 11.4 Å². The van der Waals surface area contributed by atoms with E-state index in [2.05, 4.69) is 16.7 Å². The zero-order valence-corrected chi connectivity index (χ0v) is 18.7. The lowest BCUT2D eigenvalue weighted by Gasteiger charge is -2.31. The fourth-order valence-electron chi connectivity index (χ4n) is 4.71. The summed E-state index contributed by atoms with van der Waals surface area (Å²) in [7, 11) is 0. The summed E-state index contributed by atoms with van der Waals surface area (Å²) in [5.74, 6) is -1.03. The number of benzene rings is 1. The van der Waals surface area contributed by atoms with Crippen LogP contribution in [0.15, 0.2) is 46.9 Å². The van der Waals surface area contributed by atoms with Crippen molar-refractivity contribution in [2.24, 2.45) is 5.16 Å². The lowest BCUT2D eigenvalue weighted by atomic mass is 9.84. The van der Waals surface area contributed by atoms with Gasteiger partial charge in [-0.15, -0.1) is 0 Å². The molecule has 0 saturated carbocycles. The minimum absolute atomic E-state index is 0.0171. The highest BCUT2D eigenvalue weighted by atomic mass is 16.6. The fourth-order valence-corrected chi connectivity index (χ4v) is 4.71. The Kier molecular flexibility index (Phi) is 5.21. The first-order chi connectivity index (χ1) is 16.8. The predicted octanol–water partition coefficient (Wildman–Crippen LogP) is 2.52. The molecule has 0 fully saturated rings. The van der Waals surface area contributed by atoms with Crippen LogP contribution in [0.4, 0.5) is 5.69 Å². The van der Waals surface area contributed by atoms with Gasteiger partial charge in [0.15, 0.2) is 5.60 Å². The number of aliphatic hydroxyl groups is 1. The number of nitro groups is 1. The van der Waals surface area contributed by atoms with Crippen molar-refractivity contribution in [1.29, 1.82) is 0 Å². The molecule has 3 aromatic rings. The Labute approximate surface area is 198 Å². The van der Waals surface area contributed by atoms with E-state index in [0.717, 1.165) is 0 Å². The molecule has 2 aliphatic heterocycles. The summed E-state index contributed by atoms with van der Waals surface area (Å²) in [4.78, 5) is 47.5. The van der Waals surface area contributed by atoms with E-state index in [0.29, 0.717) is 22.0 Å². The number of carbonyl (C=O) groups excluding carboxylic acids is 1. The quantitative estimate of drug-likeness (QED) is 0.112. The lowest BCUT2D eigenvalue weighted by Crippen LogP contribution is -2.45. The van der Waals surface area contributed by atoms with Crippen LogP contribution in [-0.2, 0) is 33.1 Å². The molecule has 11 nitrogen and oxygen atoms in total. The fraction of sp³-hybridized carbons (Fsp3) is 0.250. The lowest BCUT2D eigenvalue weighted by molar-refractivity contribution is -0.386. The summed E-state index contributed by atoms with van der Waals surface area (Å²) < 4.78 is 6.28. The smallest absolute Gasteiger partial charge is 0.343 e. The van der Waals surface area contributed by atoms with Crippen molar-refractivity contribution in [3.05, 3.63) is 79.6 Å². The van der Waals surface area contributed by atoms with Gasteiger partial charge in [0.2, 0.25) is 0 Å². The second kappa shape index (κ2) is 8.13. The summed E-state index contributed by atoms with van der Waals surface area (Å²) >= 11 is 0. The van der Waals surface area contributed by atoms with E-state index < -0.39 is 34.3 Å². The SMILES string of the molecule is C=CCO/N=C/c1c2c(nc3ccccc13)-c1c([N+](=O)[O-])c3c(c(=O)n1C2)COC(=O)[C@]3(O)CC. The molecule has 0 aliphatic carbocycles. The number of cyclic esters (lactones) is 1. The maximum absolute atomic E-state index is 13.5. The normalized spacial score (nSPS) is 18.2. The summed E-state index contributed by atoms with van der Waals surface area (Å²) in [6.45, 7) is 4.76. The Morgan fingerprint density at radius 3 is 2.86 bits per heavy atom. The molecule has 1 N–H and O–H groups in total. The van der Waals surface area contributed by atoms with Crippen LogP contribution in [0.2, 0.25) is 0 Å². The van der Waals surface area contributed by atoms with Gasteiger partial charge in [0, 0.05) is 16.5 Å². The highest BCUT2D eigenvalue weighted by molar-refractivity contribution is 6.03. The van der Waals surface area contributed by atoms with Crippen LogP contribution in [0, 0.1) is 10.1 Å². The monoisotopic (exact) mass is 476 g/mol. The van der Waals surface area contributed by atoms with Gasteiger partial charge in [-0.1, -0.05) is 42.9 Å². The number of fused-ring (bicyclic) bond motifs is 5. The molecule has 5 rings (SSSR count). The average molecular weight is 476 g/mol. The van der Waals surface area contributed by atoms with Crippen molar-refractivity contribution in [3.63, 3.8) is 0 Å². The van der Waals surface area contributed by atoms with Crippen LogP contribution >= 0.6 is 0 Å². The van der Waals surface area contributed by atoms with Crippen LogP contribution in [-0.4, -0.2) is 38.4 Å². The van der Waals surface area contributed by atoms with E-state index in [9.17, 15) is 24.8 Å². The Morgan fingerprint density at radius 1 is 1.37 bits per heavy atom. The number of oxime groups is 1. The summed E-state index contributed by atoms with van der Waals surface area (Å²) in [5, 5.41) is 28.2. The highest BCUT2D eigenvalue weighted by Crippen LogP contribution is 2.46. The van der Waals surface area contributed by atoms with Gasteiger partial charge in [0.25, 0.3) is 5.56 Å². The molecule has 0 radical (unpaired) electrons. The number of pyridine rings is 2. The van der Waals surface area contributed by atoms with E-state index in [4.69, 9.17) is 9.57 Å². The summed E-state index contributed by atoms with van der Waals surface area (Å²) in [5.41, 5.74) is -2.12. The standard InChI is InChI=1S/C24H20N4O7/c1-3-9-35-25-10-14-13-7-5-6-8-17(13)26-19-15(14)11-27-21(19)20(28(32)33)18-16(22(27)29)12-34-23(30)24(18,31)4-2/h3,5-8,10,31H,1,4,9,11-12H2,2H3/b25-10+/t24-/m0/s1. The van der Waals surface area contributed by atoms with E-state index in [1.165, 1.54) is 23.8 Å². The van der Waals surface area contributed by atoms with E-state index in [1.54, 1.807) is 12.1 Å². The Balaban J connectivity index is 1.88. The third-order valence-corrected chi connectivity index (χ3v) is 6.36. The van der Waals surface area contributed by atoms with Crippen molar-refractivity contribution >= 4 is 28.8 Å². The molecule has 0 spiro atoms. The van der Waals surface area contributed by atoms with Gasteiger partial charge in [-0.3, -0.25) is 19.5 Å². The van der Waals surface area contributed by atoms with Crippen LogP contribution < -0.4 is 5.56 Å². The summed E-state index contributed by atoms with van der Waals surface area (Å²) in [6, 6.07) is 7.15. The molecule has 11 heteroatoms. The number of para-hydroxylation sites is 1. The molecular weight excluding hydrogens is 456 g/mol. The summed E-state index contributed by atoms with van der Waals surface area (Å²) in [6.07, 6.45) is 2.80. The third-order valence-electron chi connectivity index (χ3n) is 6.36. The van der Waals surface area contributed by atoms with Gasteiger partial charge >= 0.3 is 11.7 Å². The number of hydrogen-bond donors (Lipinski definition) is 1. The van der Waals surface area contributed by atoms with Crippen LogP contribution in [0.3, 0.4) is 0 Å². The average Bonchev–Trinajstić information content (AvgIpc) is 3.23. The molecule has 4 heterocycles. The minimum Gasteiger partial charge on any atom is -0.458 e. The number of ether oxygens (including phenoxy) is 1. The molecule has 0 saturated heterocycles. The maximum Gasteiger partial charge on any atom is 0.343 e. The van der Waals surface area contributed by atoms with Gasteiger partial charge in [0.1, 0.15) is 24.6 Å². The number of esters is 1. The first-order valence-electron chi connectivity index (χ1n) is 10.9. The van der Waals surface area contributed by atoms with E-state index in [1.807, 2.05) is 12.1 Å². The highest BCUT2D eigenvalue weighted by Gasteiger charge is 2.52. The van der Waals surface area contributed by atoms with Crippen molar-refractivity contribution < 1.29 is 24.4 Å². The Morgan fingerprint density at radius 2 is 2.14 bits per heavy atom. The molecule has 0 unspecified atom stereocenters. The maximum atomic E-state index is 13.5. The second-order valence-corrected chi connectivity index (χ2v) is 8.18. The van der Waals surface area contributed by atoms with Crippen LogP contribution in [0.25, 0.3) is 22.3 Å². The van der Waals surface area contributed by atoms with E-state index in [-0.39, 0.29) is 42.1 Å². The first-order valence-corrected chi connectivity index (χ1v) is 10.9. The van der Waals surface area contributed by atoms with Crippen molar-refractivity contribution in [1.82, 2.24) is 9.55 Å². The first kappa shape index (κ1) is 22.4. The van der Waals surface area contributed by atoms with Gasteiger partial charge in [-0.2, -0.15) is 0 Å². The number of carbonyl (C=O) groups is 1. The molecule has 35 heavy (non-hydrogen) atoms. The van der Waals surface area contributed by atoms with Gasteiger partial charge in [0.05, 0.1) is 34.3 Å². The molecule has 1 atom stereocenters. The zero-order chi connectivity index (χ0) is 24.9. The second-order valence-electron chi connectivity index (χ2n) is 8.18. The molecule has 1 aromatic carbocycles. The number of aromatic nitrogens is 2. The molecule has 0 amide bonds. The molecule has 2 aromatic heterocycles. The van der Waals surface area contributed by atoms with E-state index >= 15 is 0 Å². The number of hydrogen-bond acceptors (Lipinski definition) is 9. The molecule has 0 bridgehead atoms. The molecular formula is C24H20N4O7. The van der Waals surface area contributed by atoms with Crippen LogP contribution in [0.5, 0.6) is 0 Å². The number of nitrogens with zero attached hydrogens (tertiary/aromatic N) is 4. The number of rotatable bonds is 6. The largest absolute Gasteiger partial charge is 0.458 e. The van der Waals surface area contributed by atoms with Crippen molar-refractivity contribution in [2.45, 2.75) is 32.1 Å². The third kappa shape index (κ3) is 3.16. The Hall–Kier alpha value is -4.38. The molecule has 2 aliphatic rings. The minimum atomic E-state index is -2.33. The molecule has 178 valence electrons. The predicted molar refractivity (Wildman–Crippen MR) is 125 cm³/mol. The van der Waals surface area contributed by atoms with Crippen molar-refractivity contribution in [2.75, 3.05) is 6.61 Å². The van der Waals surface area contributed by atoms with Gasteiger partial charge in [-0.05, 0) is 12.5 Å². The van der Waals surface area contributed by atoms with Crippen LogP contribution in [0.1, 0.15) is 35.6 Å². The van der Waals surface area contributed by atoms with Gasteiger partial charge in [-0.25, -0.2) is 9.78 Å². The Bertz CT molecular complexity index is 1520. The zero-order valence-electron chi connectivity index (χ0n) is 18.7. The topological polar surface area (TPSA) is 146 Å². The van der Waals surface area contributed by atoms with Gasteiger partial charge < -0.3 is 14.7 Å².